The van der Waals surface area contributed by atoms with Crippen LogP contribution in [0, 0.1) is 0 Å². The fourth-order valence-corrected chi connectivity index (χ4v) is 3.70. The van der Waals surface area contributed by atoms with Gasteiger partial charge in [-0.15, -0.1) is 0 Å². The molecule has 0 aromatic carbocycles. The van der Waals surface area contributed by atoms with E-state index in [0.717, 1.165) is 38.5 Å². The molecular formula is C15H26N2O4. The van der Waals surface area contributed by atoms with Crippen LogP contribution >= 0.6 is 0 Å². The molecule has 0 saturated heterocycles. The van der Waals surface area contributed by atoms with Gasteiger partial charge in [-0.25, -0.2) is 4.79 Å². The number of urea groups is 1. The van der Waals surface area contributed by atoms with E-state index >= 15 is 0 Å². The highest BCUT2D eigenvalue weighted by atomic mass is 16.4. The van der Waals surface area contributed by atoms with E-state index in [-0.39, 0.29) is 18.5 Å². The summed E-state index contributed by atoms with van der Waals surface area (Å²) < 4.78 is 0. The Bertz CT molecular complexity index is 393. The number of likely N-dealkylation sites (N-methyl/N-ethyl adjacent to an activating group) is 1. The van der Waals surface area contributed by atoms with Crippen molar-refractivity contribution in [3.8, 4) is 0 Å². The number of aliphatic hydroxyl groups is 1. The van der Waals surface area contributed by atoms with Gasteiger partial charge in [0.2, 0.25) is 0 Å². The molecule has 2 saturated carbocycles. The SMILES string of the molecule is CN(C(=O)NC1(CC(=O)O)CCCC1)C1CCCCC1O. The number of rotatable bonds is 4. The molecule has 0 aromatic rings. The molecule has 0 heterocycles. The molecule has 3 N–H and O–H groups in total. The number of carbonyl (C=O) groups excluding carboxylic acids is 1. The number of carboxylic acid groups (broad SMARTS) is 1. The summed E-state index contributed by atoms with van der Waals surface area (Å²) in [4.78, 5) is 25.1. The van der Waals surface area contributed by atoms with Gasteiger partial charge in [-0.05, 0) is 25.7 Å². The molecule has 0 spiro atoms. The molecule has 2 fully saturated rings. The first-order chi connectivity index (χ1) is 9.93. The largest absolute Gasteiger partial charge is 0.481 e. The lowest BCUT2D eigenvalue weighted by Gasteiger charge is -2.38. The molecule has 6 heteroatoms. The van der Waals surface area contributed by atoms with Crippen molar-refractivity contribution in [2.45, 2.75) is 75.5 Å². The average molecular weight is 298 g/mol. The Morgan fingerprint density at radius 2 is 1.81 bits per heavy atom. The Morgan fingerprint density at radius 3 is 2.38 bits per heavy atom. The lowest BCUT2D eigenvalue weighted by molar-refractivity contribution is -0.138. The molecule has 0 bridgehead atoms. The van der Waals surface area contributed by atoms with Crippen molar-refractivity contribution in [2.75, 3.05) is 7.05 Å². The lowest BCUT2D eigenvalue weighted by Crippen LogP contribution is -2.56. The fraction of sp³-hybridized carbons (Fsp3) is 0.867. The van der Waals surface area contributed by atoms with Crippen LogP contribution < -0.4 is 5.32 Å². The van der Waals surface area contributed by atoms with Crippen LogP contribution in [0.3, 0.4) is 0 Å². The van der Waals surface area contributed by atoms with E-state index in [1.54, 1.807) is 11.9 Å². The van der Waals surface area contributed by atoms with Gasteiger partial charge in [-0.3, -0.25) is 4.79 Å². The van der Waals surface area contributed by atoms with E-state index in [0.29, 0.717) is 12.8 Å². The van der Waals surface area contributed by atoms with Crippen molar-refractivity contribution >= 4 is 12.0 Å². The number of amides is 2. The van der Waals surface area contributed by atoms with Crippen LogP contribution in [-0.4, -0.2) is 51.8 Å². The van der Waals surface area contributed by atoms with Crippen molar-refractivity contribution < 1.29 is 19.8 Å². The highest BCUT2D eigenvalue weighted by Crippen LogP contribution is 2.33. The summed E-state index contributed by atoms with van der Waals surface area (Å²) >= 11 is 0. The Kier molecular flexibility index (Phi) is 5.08. The number of carboxylic acids is 1. The second kappa shape index (κ2) is 6.64. The monoisotopic (exact) mass is 298 g/mol. The Labute approximate surface area is 125 Å². The van der Waals surface area contributed by atoms with Gasteiger partial charge in [-0.1, -0.05) is 25.7 Å². The van der Waals surface area contributed by atoms with Crippen LogP contribution in [-0.2, 0) is 4.79 Å². The maximum atomic E-state index is 12.4. The second-order valence-electron chi connectivity index (χ2n) is 6.52. The van der Waals surface area contributed by atoms with Gasteiger partial charge < -0.3 is 20.4 Å². The van der Waals surface area contributed by atoms with Crippen LogP contribution in [0.2, 0.25) is 0 Å². The van der Waals surface area contributed by atoms with Crippen LogP contribution in [0.4, 0.5) is 4.79 Å². The number of nitrogens with zero attached hydrogens (tertiary/aromatic N) is 1. The molecule has 120 valence electrons. The van der Waals surface area contributed by atoms with Crippen molar-refractivity contribution in [3.05, 3.63) is 0 Å². The van der Waals surface area contributed by atoms with E-state index in [9.17, 15) is 14.7 Å². The summed E-state index contributed by atoms with van der Waals surface area (Å²) in [5.74, 6) is -0.877. The van der Waals surface area contributed by atoms with Crippen molar-refractivity contribution in [2.24, 2.45) is 0 Å². The zero-order valence-corrected chi connectivity index (χ0v) is 12.7. The quantitative estimate of drug-likeness (QED) is 0.737. The average Bonchev–Trinajstić information content (AvgIpc) is 2.85. The maximum Gasteiger partial charge on any atom is 0.317 e. The lowest BCUT2D eigenvalue weighted by atomic mass is 9.91. The molecule has 2 rings (SSSR count). The van der Waals surface area contributed by atoms with Crippen LogP contribution in [0.1, 0.15) is 57.8 Å². The third-order valence-corrected chi connectivity index (χ3v) is 4.93. The summed E-state index contributed by atoms with van der Waals surface area (Å²) in [5, 5.41) is 22.1. The van der Waals surface area contributed by atoms with Crippen molar-refractivity contribution in [3.63, 3.8) is 0 Å². The Balaban J connectivity index is 1.99. The molecule has 2 amide bonds. The van der Waals surface area contributed by atoms with E-state index in [1.807, 2.05) is 0 Å². The minimum atomic E-state index is -0.877. The van der Waals surface area contributed by atoms with Gasteiger partial charge in [0.05, 0.1) is 24.1 Å². The van der Waals surface area contributed by atoms with Gasteiger partial charge in [-0.2, -0.15) is 0 Å². The summed E-state index contributed by atoms with van der Waals surface area (Å²) in [5.41, 5.74) is -0.614. The summed E-state index contributed by atoms with van der Waals surface area (Å²) in [7, 11) is 1.69. The number of aliphatic hydroxyl groups excluding tert-OH is 1. The standard InChI is InChI=1S/C15H26N2O4/c1-17(11-6-2-3-7-12(11)18)14(21)16-15(10-13(19)20)8-4-5-9-15/h11-12,18H,2-10H2,1H3,(H,16,21)(H,19,20). The van der Waals surface area contributed by atoms with E-state index in [1.165, 1.54) is 0 Å². The van der Waals surface area contributed by atoms with Gasteiger partial charge in [0.15, 0.2) is 0 Å². The first-order valence-corrected chi connectivity index (χ1v) is 7.88. The number of nitrogens with one attached hydrogen (secondary N) is 1. The summed E-state index contributed by atoms with van der Waals surface area (Å²) in [6, 6.07) is -0.425. The van der Waals surface area contributed by atoms with Crippen LogP contribution in [0.25, 0.3) is 0 Å². The molecule has 2 atom stereocenters. The van der Waals surface area contributed by atoms with Gasteiger partial charge in [0.25, 0.3) is 0 Å². The third kappa shape index (κ3) is 3.87. The number of aliphatic carboxylic acids is 1. The summed E-state index contributed by atoms with van der Waals surface area (Å²) in [6.45, 7) is 0. The Morgan fingerprint density at radius 1 is 1.19 bits per heavy atom. The van der Waals surface area contributed by atoms with Gasteiger partial charge in [0.1, 0.15) is 0 Å². The van der Waals surface area contributed by atoms with Gasteiger partial charge >= 0.3 is 12.0 Å². The van der Waals surface area contributed by atoms with E-state index in [4.69, 9.17) is 5.11 Å². The van der Waals surface area contributed by atoms with Crippen LogP contribution in [0.15, 0.2) is 0 Å². The number of carbonyl (C=O) groups is 2. The highest BCUT2D eigenvalue weighted by Gasteiger charge is 2.39. The third-order valence-electron chi connectivity index (χ3n) is 4.93. The minimum absolute atomic E-state index is 0.0280. The highest BCUT2D eigenvalue weighted by molar-refractivity contribution is 5.77. The minimum Gasteiger partial charge on any atom is -0.481 e. The Hall–Kier alpha value is -1.30. The first-order valence-electron chi connectivity index (χ1n) is 7.88. The molecule has 0 aromatic heterocycles. The zero-order valence-electron chi connectivity index (χ0n) is 12.7. The molecule has 2 aliphatic carbocycles. The molecular weight excluding hydrogens is 272 g/mol. The second-order valence-corrected chi connectivity index (χ2v) is 6.52. The predicted octanol–water partition coefficient (Wildman–Crippen LogP) is 1.72. The normalized spacial score (nSPS) is 28.1. The molecule has 6 nitrogen and oxygen atoms in total. The van der Waals surface area contributed by atoms with Gasteiger partial charge in [0, 0.05) is 7.05 Å². The fourth-order valence-electron chi connectivity index (χ4n) is 3.70. The molecule has 2 unspecified atom stereocenters. The predicted molar refractivity (Wildman–Crippen MR) is 78.0 cm³/mol. The topological polar surface area (TPSA) is 89.9 Å². The number of hydrogen-bond donors (Lipinski definition) is 3. The zero-order chi connectivity index (χ0) is 15.5. The van der Waals surface area contributed by atoms with Crippen molar-refractivity contribution in [1.82, 2.24) is 10.2 Å². The van der Waals surface area contributed by atoms with E-state index < -0.39 is 17.6 Å². The van der Waals surface area contributed by atoms with E-state index in [2.05, 4.69) is 5.32 Å². The molecule has 2 aliphatic rings. The number of hydrogen-bond acceptors (Lipinski definition) is 3. The van der Waals surface area contributed by atoms with Crippen LogP contribution in [0.5, 0.6) is 0 Å². The maximum absolute atomic E-state index is 12.4. The molecule has 0 aliphatic heterocycles. The smallest absolute Gasteiger partial charge is 0.317 e. The first kappa shape index (κ1) is 16.1. The molecule has 0 radical (unpaired) electrons. The summed E-state index contributed by atoms with van der Waals surface area (Å²) in [6.07, 6.45) is 6.36. The molecule has 21 heavy (non-hydrogen) atoms. The van der Waals surface area contributed by atoms with Crippen molar-refractivity contribution in [1.29, 1.82) is 0 Å².